The molecule has 0 spiro atoms. The van der Waals surface area contributed by atoms with Gasteiger partial charge in [-0.05, 0) is 19.1 Å². The van der Waals surface area contributed by atoms with Crippen LogP contribution in [0.25, 0.3) is 11.0 Å². The molecule has 0 amide bonds. The molecule has 1 heterocycles. The third kappa shape index (κ3) is 1.71. The van der Waals surface area contributed by atoms with Crippen molar-refractivity contribution in [3.05, 3.63) is 34.0 Å². The number of benzene rings is 1. The number of fused-ring (bicyclic) bond motifs is 1. The van der Waals surface area contributed by atoms with Crippen LogP contribution >= 0.6 is 0 Å². The highest BCUT2D eigenvalue weighted by Gasteiger charge is 2.37. The Bertz CT molecular complexity index is 623. The Kier molecular flexibility index (Phi) is 2.48. The minimum atomic E-state index is -4.84. The largest absolute Gasteiger partial charge is 0.421 e. The lowest BCUT2D eigenvalue weighted by molar-refractivity contribution is -0.138. The number of halogens is 4. The summed E-state index contributed by atoms with van der Waals surface area (Å²) < 4.78 is 52.4. The van der Waals surface area contributed by atoms with Gasteiger partial charge in [-0.2, -0.15) is 13.2 Å². The molecule has 1 aromatic heterocycles. The van der Waals surface area contributed by atoms with Gasteiger partial charge in [0.05, 0.1) is 11.0 Å². The molecule has 0 atom stereocenters. The van der Waals surface area contributed by atoms with Crippen LogP contribution in [-0.4, -0.2) is 9.55 Å². The van der Waals surface area contributed by atoms with Crippen molar-refractivity contribution in [3.8, 4) is 0 Å². The third-order valence-corrected chi connectivity index (χ3v) is 2.48. The van der Waals surface area contributed by atoms with E-state index in [9.17, 15) is 22.4 Å². The summed E-state index contributed by atoms with van der Waals surface area (Å²) in [6, 6.07) is 1.81. The number of imidazole rings is 1. The van der Waals surface area contributed by atoms with Gasteiger partial charge < -0.3 is 4.98 Å². The first-order valence-corrected chi connectivity index (χ1v) is 4.84. The maximum atomic E-state index is 13.3. The van der Waals surface area contributed by atoms with Gasteiger partial charge in [0.1, 0.15) is 11.4 Å². The maximum Gasteiger partial charge on any atom is 0.421 e. The van der Waals surface area contributed by atoms with E-state index in [2.05, 4.69) is 4.98 Å². The van der Waals surface area contributed by atoms with Crippen LogP contribution < -0.4 is 5.69 Å². The van der Waals surface area contributed by atoms with E-state index in [0.717, 1.165) is 10.6 Å². The molecule has 0 aliphatic carbocycles. The quantitative estimate of drug-likeness (QED) is 0.773. The lowest BCUT2D eigenvalue weighted by Gasteiger charge is -2.10. The van der Waals surface area contributed by atoms with Gasteiger partial charge >= 0.3 is 11.9 Å². The Hall–Kier alpha value is -1.79. The molecule has 0 aliphatic rings. The van der Waals surface area contributed by atoms with E-state index in [1.807, 2.05) is 0 Å². The van der Waals surface area contributed by atoms with E-state index in [1.165, 1.54) is 6.92 Å². The monoisotopic (exact) mass is 248 g/mol. The molecule has 1 aromatic carbocycles. The molecule has 3 nitrogen and oxygen atoms in total. The number of aromatic amines is 1. The van der Waals surface area contributed by atoms with E-state index in [4.69, 9.17) is 0 Å². The molecule has 1 N–H and O–H groups in total. The molecule has 0 aliphatic heterocycles. The number of hydrogen-bond donors (Lipinski definition) is 1. The maximum absolute atomic E-state index is 13.3. The molecule has 0 bridgehead atoms. The predicted molar refractivity (Wildman–Crippen MR) is 53.2 cm³/mol. The van der Waals surface area contributed by atoms with Crippen LogP contribution in [0.1, 0.15) is 12.5 Å². The fourth-order valence-corrected chi connectivity index (χ4v) is 1.80. The number of aromatic nitrogens is 2. The van der Waals surface area contributed by atoms with Crippen molar-refractivity contribution in [1.29, 1.82) is 0 Å². The molecular formula is C10H8F4N2O. The molecule has 17 heavy (non-hydrogen) atoms. The highest BCUT2D eigenvalue weighted by molar-refractivity contribution is 5.79. The summed E-state index contributed by atoms with van der Waals surface area (Å²) in [4.78, 5) is 13.6. The van der Waals surface area contributed by atoms with Crippen LogP contribution in [0.3, 0.4) is 0 Å². The van der Waals surface area contributed by atoms with Gasteiger partial charge in [0.15, 0.2) is 0 Å². The zero-order chi connectivity index (χ0) is 12.8. The van der Waals surface area contributed by atoms with Crippen LogP contribution in [0.2, 0.25) is 0 Å². The Morgan fingerprint density at radius 1 is 1.35 bits per heavy atom. The van der Waals surface area contributed by atoms with Gasteiger partial charge in [0, 0.05) is 6.54 Å². The van der Waals surface area contributed by atoms with Crippen molar-refractivity contribution in [2.24, 2.45) is 0 Å². The van der Waals surface area contributed by atoms with Crippen molar-refractivity contribution in [2.45, 2.75) is 19.6 Å². The van der Waals surface area contributed by atoms with Crippen LogP contribution in [0, 0.1) is 5.82 Å². The van der Waals surface area contributed by atoms with E-state index >= 15 is 0 Å². The molecule has 2 rings (SSSR count). The lowest BCUT2D eigenvalue weighted by atomic mass is 10.1. The molecule has 0 radical (unpaired) electrons. The molecule has 0 fully saturated rings. The van der Waals surface area contributed by atoms with Gasteiger partial charge in [-0.15, -0.1) is 0 Å². The number of alkyl halides is 3. The summed E-state index contributed by atoms with van der Waals surface area (Å²) >= 11 is 0. The van der Waals surface area contributed by atoms with Crippen LogP contribution in [-0.2, 0) is 12.7 Å². The molecule has 0 unspecified atom stereocenters. The highest BCUT2D eigenvalue weighted by Crippen LogP contribution is 2.35. The molecule has 0 saturated heterocycles. The van der Waals surface area contributed by atoms with Gasteiger partial charge in [0.2, 0.25) is 0 Å². The first-order valence-electron chi connectivity index (χ1n) is 4.84. The smallest absolute Gasteiger partial charge is 0.306 e. The van der Waals surface area contributed by atoms with E-state index in [-0.39, 0.29) is 12.1 Å². The third-order valence-electron chi connectivity index (χ3n) is 2.48. The van der Waals surface area contributed by atoms with Gasteiger partial charge in [-0.25, -0.2) is 9.18 Å². The molecule has 2 aromatic rings. The van der Waals surface area contributed by atoms with Gasteiger partial charge in [-0.1, -0.05) is 0 Å². The van der Waals surface area contributed by atoms with Crippen molar-refractivity contribution < 1.29 is 17.6 Å². The summed E-state index contributed by atoms with van der Waals surface area (Å²) in [5.74, 6) is -1.38. The summed E-state index contributed by atoms with van der Waals surface area (Å²) in [6.45, 7) is 1.55. The van der Waals surface area contributed by atoms with Crippen molar-refractivity contribution in [1.82, 2.24) is 9.55 Å². The summed E-state index contributed by atoms with van der Waals surface area (Å²) in [5.41, 5.74) is -2.55. The van der Waals surface area contributed by atoms with Crippen molar-refractivity contribution in [3.63, 3.8) is 0 Å². The topological polar surface area (TPSA) is 37.8 Å². The second-order valence-electron chi connectivity index (χ2n) is 3.49. The second-order valence-corrected chi connectivity index (χ2v) is 3.49. The number of H-pyrrole nitrogens is 1. The van der Waals surface area contributed by atoms with Gasteiger partial charge in [-0.3, -0.25) is 4.57 Å². The van der Waals surface area contributed by atoms with Crippen LogP contribution in [0.5, 0.6) is 0 Å². The number of rotatable bonds is 1. The zero-order valence-corrected chi connectivity index (χ0v) is 8.73. The van der Waals surface area contributed by atoms with E-state index in [0.29, 0.717) is 6.07 Å². The molecule has 0 saturated carbocycles. The first kappa shape index (κ1) is 11.7. The Morgan fingerprint density at radius 3 is 2.53 bits per heavy atom. The van der Waals surface area contributed by atoms with Gasteiger partial charge in [0.25, 0.3) is 0 Å². The standard InChI is InChI=1S/C10H8F4N2O/c1-2-16-8-6(15-9(16)17)4-3-5(11)7(8)10(12,13)14/h3-4H,2H2,1H3,(H,15,17). The minimum Gasteiger partial charge on any atom is -0.306 e. The second kappa shape index (κ2) is 3.61. The lowest BCUT2D eigenvalue weighted by Crippen LogP contribution is -2.18. The van der Waals surface area contributed by atoms with Crippen molar-refractivity contribution >= 4 is 11.0 Å². The summed E-state index contributed by atoms with van der Waals surface area (Å²) in [7, 11) is 0. The number of hydrogen-bond acceptors (Lipinski definition) is 1. The Morgan fingerprint density at radius 2 is 2.00 bits per heavy atom. The first-order chi connectivity index (χ1) is 7.86. The average Bonchev–Trinajstić information content (AvgIpc) is 2.51. The van der Waals surface area contributed by atoms with E-state index in [1.54, 1.807) is 0 Å². The number of nitrogens with zero attached hydrogens (tertiary/aromatic N) is 1. The fraction of sp³-hybridized carbons (Fsp3) is 0.300. The zero-order valence-electron chi connectivity index (χ0n) is 8.73. The Balaban J connectivity index is 2.98. The SMILES string of the molecule is CCn1c(=O)[nH]c2ccc(F)c(C(F)(F)F)c21. The number of aryl methyl sites for hydroxylation is 1. The minimum absolute atomic E-state index is 0.0226. The predicted octanol–water partition coefficient (Wildman–Crippen LogP) is 2.51. The van der Waals surface area contributed by atoms with Crippen molar-refractivity contribution in [2.75, 3.05) is 0 Å². The summed E-state index contributed by atoms with van der Waals surface area (Å²) in [5, 5.41) is 0. The van der Waals surface area contributed by atoms with E-state index < -0.39 is 28.8 Å². The molecular weight excluding hydrogens is 240 g/mol. The van der Waals surface area contributed by atoms with Crippen LogP contribution in [0.4, 0.5) is 17.6 Å². The van der Waals surface area contributed by atoms with Crippen LogP contribution in [0.15, 0.2) is 16.9 Å². The molecule has 7 heteroatoms. The highest BCUT2D eigenvalue weighted by atomic mass is 19.4. The normalized spacial score (nSPS) is 12.3. The summed E-state index contributed by atoms with van der Waals surface area (Å²) in [6.07, 6.45) is -4.84. The average molecular weight is 248 g/mol. The molecule has 92 valence electrons. The fourth-order valence-electron chi connectivity index (χ4n) is 1.80. The Labute approximate surface area is 92.7 Å². The number of nitrogens with one attached hydrogen (secondary N) is 1.